The molecular formula is C11H16N2O. The largest absolute Gasteiger partial charge is 0.352 e. The fraction of sp³-hybridized carbons (Fsp3) is 0.455. The van der Waals surface area contributed by atoms with E-state index in [4.69, 9.17) is 0 Å². The van der Waals surface area contributed by atoms with Gasteiger partial charge >= 0.3 is 0 Å². The average molecular weight is 192 g/mol. The first-order valence-corrected chi connectivity index (χ1v) is 4.90. The zero-order valence-corrected chi connectivity index (χ0v) is 8.66. The lowest BCUT2D eigenvalue weighted by atomic mass is 10.1. The number of hydrogen-bond donors (Lipinski definition) is 1. The third-order valence-corrected chi connectivity index (χ3v) is 2.28. The van der Waals surface area contributed by atoms with E-state index in [1.54, 1.807) is 12.4 Å². The lowest BCUT2D eigenvalue weighted by molar-refractivity contribution is -0.124. The van der Waals surface area contributed by atoms with E-state index < -0.39 is 0 Å². The Morgan fingerprint density at radius 1 is 1.50 bits per heavy atom. The van der Waals surface area contributed by atoms with Gasteiger partial charge in [0.1, 0.15) is 0 Å². The van der Waals surface area contributed by atoms with Gasteiger partial charge in [-0.2, -0.15) is 0 Å². The third kappa shape index (κ3) is 3.17. The number of nitrogens with zero attached hydrogens (tertiary/aromatic N) is 1. The van der Waals surface area contributed by atoms with Crippen LogP contribution in [0.1, 0.15) is 25.8 Å². The quantitative estimate of drug-likeness (QED) is 0.789. The normalized spacial score (nSPS) is 12.1. The SMILES string of the molecule is CC[C@H](C)C(=O)NCc1ccncc1. The molecule has 0 fully saturated rings. The topological polar surface area (TPSA) is 42.0 Å². The standard InChI is InChI=1S/C11H16N2O/c1-3-9(2)11(14)13-8-10-4-6-12-7-5-10/h4-7,9H,3,8H2,1-2H3,(H,13,14)/t9-/m0/s1. The van der Waals surface area contributed by atoms with Gasteiger partial charge in [-0.15, -0.1) is 0 Å². The Bertz CT molecular complexity index is 285. The molecule has 1 rings (SSSR count). The van der Waals surface area contributed by atoms with Crippen molar-refractivity contribution in [1.82, 2.24) is 10.3 Å². The molecule has 1 amide bonds. The van der Waals surface area contributed by atoms with Crippen molar-refractivity contribution in [3.63, 3.8) is 0 Å². The summed E-state index contributed by atoms with van der Waals surface area (Å²) in [6, 6.07) is 3.80. The number of hydrogen-bond acceptors (Lipinski definition) is 2. The molecule has 0 aliphatic heterocycles. The molecule has 14 heavy (non-hydrogen) atoms. The van der Waals surface area contributed by atoms with Crippen LogP contribution < -0.4 is 5.32 Å². The van der Waals surface area contributed by atoms with Crippen molar-refractivity contribution in [3.8, 4) is 0 Å². The molecule has 76 valence electrons. The maximum atomic E-state index is 11.4. The zero-order chi connectivity index (χ0) is 10.4. The Hall–Kier alpha value is -1.38. The monoisotopic (exact) mass is 192 g/mol. The Labute approximate surface area is 84.6 Å². The molecule has 0 aromatic carbocycles. The van der Waals surface area contributed by atoms with E-state index >= 15 is 0 Å². The molecule has 3 heteroatoms. The lowest BCUT2D eigenvalue weighted by Crippen LogP contribution is -2.28. The van der Waals surface area contributed by atoms with Crippen molar-refractivity contribution < 1.29 is 4.79 Å². The first kappa shape index (κ1) is 10.7. The lowest BCUT2D eigenvalue weighted by Gasteiger charge is -2.09. The van der Waals surface area contributed by atoms with Gasteiger partial charge in [-0.3, -0.25) is 9.78 Å². The Morgan fingerprint density at radius 3 is 2.71 bits per heavy atom. The van der Waals surface area contributed by atoms with E-state index in [0.717, 1.165) is 12.0 Å². The van der Waals surface area contributed by atoms with Crippen LogP contribution >= 0.6 is 0 Å². The summed E-state index contributed by atoms with van der Waals surface area (Å²) in [5.74, 6) is 0.209. The maximum absolute atomic E-state index is 11.4. The van der Waals surface area contributed by atoms with Gasteiger partial charge in [-0.1, -0.05) is 13.8 Å². The van der Waals surface area contributed by atoms with Crippen LogP contribution in [0.25, 0.3) is 0 Å². The van der Waals surface area contributed by atoms with Crippen LogP contribution in [0.2, 0.25) is 0 Å². The van der Waals surface area contributed by atoms with Crippen LogP contribution in [-0.2, 0) is 11.3 Å². The minimum atomic E-state index is 0.0943. The van der Waals surface area contributed by atoms with Crippen LogP contribution in [0.4, 0.5) is 0 Å². The van der Waals surface area contributed by atoms with Gasteiger partial charge in [0.15, 0.2) is 0 Å². The summed E-state index contributed by atoms with van der Waals surface area (Å²) in [5, 5.41) is 2.88. The van der Waals surface area contributed by atoms with E-state index in [9.17, 15) is 4.79 Å². The summed E-state index contributed by atoms with van der Waals surface area (Å²) >= 11 is 0. The average Bonchev–Trinajstić information content (AvgIpc) is 2.26. The van der Waals surface area contributed by atoms with Crippen molar-refractivity contribution in [2.45, 2.75) is 26.8 Å². The van der Waals surface area contributed by atoms with Gasteiger partial charge in [0.2, 0.25) is 5.91 Å². The number of carbonyl (C=O) groups is 1. The van der Waals surface area contributed by atoms with E-state index in [2.05, 4.69) is 10.3 Å². The van der Waals surface area contributed by atoms with Gasteiger partial charge < -0.3 is 5.32 Å². The molecule has 1 heterocycles. The predicted molar refractivity (Wildman–Crippen MR) is 55.5 cm³/mol. The van der Waals surface area contributed by atoms with Gasteiger partial charge in [0, 0.05) is 24.9 Å². The highest BCUT2D eigenvalue weighted by atomic mass is 16.1. The number of aromatic nitrogens is 1. The summed E-state index contributed by atoms with van der Waals surface area (Å²) in [7, 11) is 0. The van der Waals surface area contributed by atoms with Crippen LogP contribution in [0, 0.1) is 5.92 Å². The molecule has 1 aromatic heterocycles. The fourth-order valence-electron chi connectivity index (χ4n) is 1.05. The molecule has 0 aliphatic rings. The van der Waals surface area contributed by atoms with Crippen LogP contribution in [0.5, 0.6) is 0 Å². The molecule has 0 saturated heterocycles. The van der Waals surface area contributed by atoms with Crippen LogP contribution in [0.15, 0.2) is 24.5 Å². The fourth-order valence-corrected chi connectivity index (χ4v) is 1.05. The highest BCUT2D eigenvalue weighted by molar-refractivity contribution is 5.78. The van der Waals surface area contributed by atoms with Crippen molar-refractivity contribution in [1.29, 1.82) is 0 Å². The molecular weight excluding hydrogens is 176 g/mol. The summed E-state index contributed by atoms with van der Waals surface area (Å²) in [6.07, 6.45) is 4.33. The van der Waals surface area contributed by atoms with E-state index in [1.165, 1.54) is 0 Å². The van der Waals surface area contributed by atoms with Gasteiger partial charge in [-0.05, 0) is 24.1 Å². The van der Waals surface area contributed by atoms with E-state index in [-0.39, 0.29) is 11.8 Å². The highest BCUT2D eigenvalue weighted by Crippen LogP contribution is 2.01. The number of rotatable bonds is 4. The molecule has 3 nitrogen and oxygen atoms in total. The molecule has 1 N–H and O–H groups in total. The van der Waals surface area contributed by atoms with Crippen molar-refractivity contribution in [2.24, 2.45) is 5.92 Å². The van der Waals surface area contributed by atoms with Gasteiger partial charge in [0.25, 0.3) is 0 Å². The minimum Gasteiger partial charge on any atom is -0.352 e. The van der Waals surface area contributed by atoms with Crippen LogP contribution in [-0.4, -0.2) is 10.9 Å². The molecule has 1 atom stereocenters. The molecule has 0 spiro atoms. The van der Waals surface area contributed by atoms with Crippen molar-refractivity contribution >= 4 is 5.91 Å². The molecule has 0 unspecified atom stereocenters. The number of amides is 1. The maximum Gasteiger partial charge on any atom is 0.223 e. The summed E-state index contributed by atoms with van der Waals surface area (Å²) in [5.41, 5.74) is 1.08. The van der Waals surface area contributed by atoms with Gasteiger partial charge in [0.05, 0.1) is 0 Å². The predicted octanol–water partition coefficient (Wildman–Crippen LogP) is 1.74. The molecule has 0 aliphatic carbocycles. The molecule has 0 saturated carbocycles. The molecule has 0 radical (unpaired) electrons. The Morgan fingerprint density at radius 2 is 2.14 bits per heavy atom. The second-order valence-corrected chi connectivity index (χ2v) is 3.38. The second kappa shape index (κ2) is 5.37. The Kier molecular flexibility index (Phi) is 4.11. The molecule has 0 bridgehead atoms. The minimum absolute atomic E-state index is 0.0943. The van der Waals surface area contributed by atoms with Crippen molar-refractivity contribution in [3.05, 3.63) is 30.1 Å². The Balaban J connectivity index is 2.38. The smallest absolute Gasteiger partial charge is 0.223 e. The van der Waals surface area contributed by atoms with Crippen LogP contribution in [0.3, 0.4) is 0 Å². The number of pyridine rings is 1. The number of carbonyl (C=O) groups excluding carboxylic acids is 1. The first-order valence-electron chi connectivity index (χ1n) is 4.90. The zero-order valence-electron chi connectivity index (χ0n) is 8.66. The highest BCUT2D eigenvalue weighted by Gasteiger charge is 2.08. The summed E-state index contributed by atoms with van der Waals surface area (Å²) in [4.78, 5) is 15.3. The van der Waals surface area contributed by atoms with E-state index in [1.807, 2.05) is 26.0 Å². The van der Waals surface area contributed by atoms with Crippen molar-refractivity contribution in [2.75, 3.05) is 0 Å². The van der Waals surface area contributed by atoms with Gasteiger partial charge in [-0.25, -0.2) is 0 Å². The first-order chi connectivity index (χ1) is 6.74. The van der Waals surface area contributed by atoms with E-state index in [0.29, 0.717) is 6.54 Å². The molecule has 1 aromatic rings. The summed E-state index contributed by atoms with van der Waals surface area (Å²) in [6.45, 7) is 4.53. The number of nitrogens with one attached hydrogen (secondary N) is 1. The second-order valence-electron chi connectivity index (χ2n) is 3.38. The summed E-state index contributed by atoms with van der Waals surface area (Å²) < 4.78 is 0. The third-order valence-electron chi connectivity index (χ3n) is 2.28.